The number of halogens is 2. The molecule has 0 amide bonds. The summed E-state index contributed by atoms with van der Waals surface area (Å²) in [7, 11) is 1.41. The molecule has 5 nitrogen and oxygen atoms in total. The van der Waals surface area contributed by atoms with Crippen molar-refractivity contribution >= 4 is 11.4 Å². The lowest BCUT2D eigenvalue weighted by Gasteiger charge is -2.11. The van der Waals surface area contributed by atoms with Crippen LogP contribution < -0.4 is 10.1 Å². The van der Waals surface area contributed by atoms with Gasteiger partial charge in [-0.3, -0.25) is 10.1 Å². The van der Waals surface area contributed by atoms with Gasteiger partial charge in [-0.25, -0.2) is 8.78 Å². The second kappa shape index (κ2) is 6.17. The van der Waals surface area contributed by atoms with E-state index in [0.717, 1.165) is 12.1 Å². The van der Waals surface area contributed by atoms with Crippen LogP contribution in [0.25, 0.3) is 0 Å². The zero-order valence-corrected chi connectivity index (χ0v) is 11.1. The quantitative estimate of drug-likeness (QED) is 0.677. The third-order valence-electron chi connectivity index (χ3n) is 2.89. The van der Waals surface area contributed by atoms with Crippen LogP contribution in [0.2, 0.25) is 0 Å². The van der Waals surface area contributed by atoms with E-state index in [2.05, 4.69) is 5.32 Å². The molecule has 0 saturated carbocycles. The van der Waals surface area contributed by atoms with Gasteiger partial charge in [0, 0.05) is 24.2 Å². The fourth-order valence-corrected chi connectivity index (χ4v) is 1.87. The highest BCUT2D eigenvalue weighted by molar-refractivity contribution is 5.49. The summed E-state index contributed by atoms with van der Waals surface area (Å²) in [6.45, 7) is -0.0112. The third kappa shape index (κ3) is 3.25. The van der Waals surface area contributed by atoms with Crippen molar-refractivity contribution < 1.29 is 18.4 Å². The van der Waals surface area contributed by atoms with E-state index < -0.39 is 16.6 Å². The van der Waals surface area contributed by atoms with Crippen LogP contribution in [-0.4, -0.2) is 12.0 Å². The van der Waals surface area contributed by atoms with Crippen LogP contribution in [-0.2, 0) is 6.54 Å². The Morgan fingerprint density at radius 3 is 2.48 bits per heavy atom. The lowest BCUT2D eigenvalue weighted by molar-refractivity contribution is -0.384. The summed E-state index contributed by atoms with van der Waals surface area (Å²) < 4.78 is 32.1. The summed E-state index contributed by atoms with van der Waals surface area (Å²) in [5, 5.41) is 13.3. The number of hydrogen-bond donors (Lipinski definition) is 1. The molecule has 7 heteroatoms. The molecular weight excluding hydrogens is 282 g/mol. The van der Waals surface area contributed by atoms with E-state index in [1.807, 2.05) is 0 Å². The molecule has 0 aliphatic rings. The van der Waals surface area contributed by atoms with E-state index in [0.29, 0.717) is 11.3 Å². The number of nitrogens with one attached hydrogen (secondary N) is 1. The number of para-hydroxylation sites is 1. The van der Waals surface area contributed by atoms with Crippen molar-refractivity contribution in [1.82, 2.24) is 0 Å². The van der Waals surface area contributed by atoms with Crippen molar-refractivity contribution in [2.45, 2.75) is 6.54 Å². The molecule has 21 heavy (non-hydrogen) atoms. The van der Waals surface area contributed by atoms with Gasteiger partial charge in [0.25, 0.3) is 5.69 Å². The smallest absolute Gasteiger partial charge is 0.270 e. The molecule has 0 aliphatic heterocycles. The fraction of sp³-hybridized carbons (Fsp3) is 0.143. The highest BCUT2D eigenvalue weighted by Crippen LogP contribution is 2.26. The molecule has 2 aromatic carbocycles. The number of nitro benzene ring substituents is 1. The van der Waals surface area contributed by atoms with Gasteiger partial charge < -0.3 is 10.1 Å². The maximum absolute atomic E-state index is 13.5. The topological polar surface area (TPSA) is 64.4 Å². The van der Waals surface area contributed by atoms with Gasteiger partial charge in [0.05, 0.1) is 12.0 Å². The van der Waals surface area contributed by atoms with Gasteiger partial charge in [0.2, 0.25) is 0 Å². The predicted molar refractivity (Wildman–Crippen MR) is 73.3 cm³/mol. The average Bonchev–Trinajstić information content (AvgIpc) is 2.46. The van der Waals surface area contributed by atoms with Gasteiger partial charge in [-0.15, -0.1) is 0 Å². The first-order chi connectivity index (χ1) is 10.0. The van der Waals surface area contributed by atoms with E-state index in [1.165, 1.54) is 31.4 Å². The number of methoxy groups -OCH3 is 1. The molecule has 2 rings (SSSR count). The van der Waals surface area contributed by atoms with Crippen molar-refractivity contribution in [2.75, 3.05) is 12.4 Å². The van der Waals surface area contributed by atoms with E-state index in [-0.39, 0.29) is 17.9 Å². The normalized spacial score (nSPS) is 10.2. The Labute approximate surface area is 119 Å². The van der Waals surface area contributed by atoms with Crippen molar-refractivity contribution in [2.24, 2.45) is 0 Å². The van der Waals surface area contributed by atoms with Crippen LogP contribution in [0, 0.1) is 21.7 Å². The summed E-state index contributed by atoms with van der Waals surface area (Å²) in [5.74, 6) is -1.08. The molecule has 1 N–H and O–H groups in total. The zero-order valence-electron chi connectivity index (χ0n) is 11.1. The summed E-state index contributed by atoms with van der Waals surface area (Å²) >= 11 is 0. The Kier molecular flexibility index (Phi) is 4.32. The molecule has 0 spiro atoms. The molecular formula is C14H12F2N2O3. The van der Waals surface area contributed by atoms with Crippen LogP contribution in [0.4, 0.5) is 20.2 Å². The third-order valence-corrected chi connectivity index (χ3v) is 2.89. The zero-order chi connectivity index (χ0) is 15.4. The molecule has 0 fully saturated rings. The number of anilines is 1. The van der Waals surface area contributed by atoms with Gasteiger partial charge in [-0.05, 0) is 18.2 Å². The van der Waals surface area contributed by atoms with Crippen molar-refractivity contribution in [3.8, 4) is 5.75 Å². The molecule has 0 aromatic heterocycles. The molecule has 0 atom stereocenters. The second-order valence-corrected chi connectivity index (χ2v) is 4.20. The lowest BCUT2D eigenvalue weighted by Crippen LogP contribution is -2.05. The Hall–Kier alpha value is -2.70. The van der Waals surface area contributed by atoms with Crippen molar-refractivity contribution in [1.29, 1.82) is 0 Å². The number of hydrogen-bond acceptors (Lipinski definition) is 4. The summed E-state index contributed by atoms with van der Waals surface area (Å²) in [4.78, 5) is 10.2. The molecule has 0 bridgehead atoms. The first-order valence-electron chi connectivity index (χ1n) is 6.02. The Bertz CT molecular complexity index is 657. The highest BCUT2D eigenvalue weighted by atomic mass is 19.1. The summed E-state index contributed by atoms with van der Waals surface area (Å²) in [6.07, 6.45) is 0. The SMILES string of the molecule is COc1ccc([N+](=O)[O-])cc1CNc1c(F)cccc1F. The molecule has 0 heterocycles. The van der Waals surface area contributed by atoms with Gasteiger partial charge >= 0.3 is 0 Å². The first kappa shape index (κ1) is 14.7. The van der Waals surface area contributed by atoms with Crippen molar-refractivity contribution in [3.05, 3.63) is 63.7 Å². The van der Waals surface area contributed by atoms with E-state index in [9.17, 15) is 18.9 Å². The van der Waals surface area contributed by atoms with Gasteiger partial charge in [-0.1, -0.05) is 6.07 Å². The Morgan fingerprint density at radius 2 is 1.90 bits per heavy atom. The minimum atomic E-state index is -0.737. The van der Waals surface area contributed by atoms with Gasteiger partial charge in [0.15, 0.2) is 0 Å². The molecule has 0 unspecified atom stereocenters. The van der Waals surface area contributed by atoms with Gasteiger partial charge in [0.1, 0.15) is 23.1 Å². The molecule has 0 aliphatic carbocycles. The second-order valence-electron chi connectivity index (χ2n) is 4.20. The van der Waals surface area contributed by atoms with Crippen LogP contribution in [0.5, 0.6) is 5.75 Å². The summed E-state index contributed by atoms with van der Waals surface area (Å²) in [5.41, 5.74) is 0.0158. The van der Waals surface area contributed by atoms with Crippen LogP contribution in [0.1, 0.15) is 5.56 Å². The van der Waals surface area contributed by atoms with Crippen LogP contribution in [0.3, 0.4) is 0 Å². The minimum Gasteiger partial charge on any atom is -0.496 e. The number of rotatable bonds is 5. The molecule has 0 radical (unpaired) electrons. The Balaban J connectivity index is 2.26. The number of non-ortho nitro benzene ring substituents is 1. The lowest BCUT2D eigenvalue weighted by atomic mass is 10.1. The number of ether oxygens (including phenoxy) is 1. The molecule has 110 valence electrons. The largest absolute Gasteiger partial charge is 0.496 e. The number of benzene rings is 2. The number of nitro groups is 1. The highest BCUT2D eigenvalue weighted by Gasteiger charge is 2.13. The molecule has 2 aromatic rings. The van der Waals surface area contributed by atoms with Crippen LogP contribution >= 0.6 is 0 Å². The van der Waals surface area contributed by atoms with E-state index in [1.54, 1.807) is 0 Å². The van der Waals surface area contributed by atoms with E-state index in [4.69, 9.17) is 4.74 Å². The van der Waals surface area contributed by atoms with Crippen LogP contribution in [0.15, 0.2) is 36.4 Å². The van der Waals surface area contributed by atoms with E-state index >= 15 is 0 Å². The first-order valence-corrected chi connectivity index (χ1v) is 6.02. The number of nitrogens with zero attached hydrogens (tertiary/aromatic N) is 1. The fourth-order valence-electron chi connectivity index (χ4n) is 1.87. The summed E-state index contributed by atoms with van der Waals surface area (Å²) in [6, 6.07) is 7.53. The maximum atomic E-state index is 13.5. The van der Waals surface area contributed by atoms with Gasteiger partial charge in [-0.2, -0.15) is 0 Å². The predicted octanol–water partition coefficient (Wildman–Crippen LogP) is 3.49. The minimum absolute atomic E-state index is 0.0112. The monoisotopic (exact) mass is 294 g/mol. The standard InChI is InChI=1S/C14H12F2N2O3/c1-21-13-6-5-10(18(19)20)7-9(13)8-17-14-11(15)3-2-4-12(14)16/h2-7,17H,8H2,1H3. The maximum Gasteiger partial charge on any atom is 0.270 e. The average molecular weight is 294 g/mol. The molecule has 0 saturated heterocycles. The van der Waals surface area contributed by atoms with Crippen molar-refractivity contribution in [3.63, 3.8) is 0 Å². The Morgan fingerprint density at radius 1 is 1.24 bits per heavy atom.